The number of halogens is 1. The fourth-order valence-corrected chi connectivity index (χ4v) is 4.06. The number of nitrogens with zero attached hydrogens (tertiary/aromatic N) is 1. The maximum atomic E-state index is 6.10. The minimum absolute atomic E-state index is 0.0968. The van der Waals surface area contributed by atoms with Gasteiger partial charge in [-0.1, -0.05) is 54.1 Å². The summed E-state index contributed by atoms with van der Waals surface area (Å²) in [6.45, 7) is 2.21. The monoisotopic (exact) mass is 344 g/mol. The Bertz CT molecular complexity index is 1090. The number of aryl methyl sites for hydroxylation is 1. The van der Waals surface area contributed by atoms with Crippen LogP contribution < -0.4 is 5.32 Å². The van der Waals surface area contributed by atoms with Crippen LogP contribution in [0, 0.1) is 6.92 Å². The number of anilines is 1. The van der Waals surface area contributed by atoms with Crippen molar-refractivity contribution in [2.45, 2.75) is 13.0 Å². The molecule has 2 nitrogen and oxygen atoms in total. The third kappa shape index (κ3) is 2.11. The molecule has 0 bridgehead atoms. The topological polar surface area (TPSA) is 17.0 Å². The molecule has 2 heterocycles. The Kier molecular flexibility index (Phi) is 3.16. The molecular weight excluding hydrogens is 328 g/mol. The van der Waals surface area contributed by atoms with Crippen LogP contribution in [0.3, 0.4) is 0 Å². The summed E-state index contributed by atoms with van der Waals surface area (Å²) in [6, 6.07) is 25.3. The zero-order chi connectivity index (χ0) is 17.0. The van der Waals surface area contributed by atoms with Crippen molar-refractivity contribution in [3.63, 3.8) is 0 Å². The highest BCUT2D eigenvalue weighted by molar-refractivity contribution is 6.30. The lowest BCUT2D eigenvalue weighted by Gasteiger charge is -2.31. The Hall–Kier alpha value is -2.71. The molecule has 1 aromatic heterocycles. The van der Waals surface area contributed by atoms with Crippen molar-refractivity contribution < 1.29 is 0 Å². The number of rotatable bonds is 1. The van der Waals surface area contributed by atoms with Gasteiger partial charge in [0, 0.05) is 10.4 Å². The van der Waals surface area contributed by atoms with E-state index in [4.69, 9.17) is 11.6 Å². The largest absolute Gasteiger partial charge is 0.371 e. The maximum absolute atomic E-state index is 6.10. The zero-order valence-corrected chi connectivity index (χ0v) is 14.6. The molecule has 1 atom stereocenters. The summed E-state index contributed by atoms with van der Waals surface area (Å²) in [6.07, 6.45) is 0. The molecule has 1 N–H and O–H groups in total. The number of fused-ring (bicyclic) bond motifs is 5. The van der Waals surface area contributed by atoms with Gasteiger partial charge in [-0.25, -0.2) is 0 Å². The Morgan fingerprint density at radius 3 is 2.44 bits per heavy atom. The minimum atomic E-state index is 0.0968. The first-order valence-corrected chi connectivity index (χ1v) is 8.83. The van der Waals surface area contributed by atoms with Crippen LogP contribution in [0.15, 0.2) is 72.8 Å². The van der Waals surface area contributed by atoms with Crippen LogP contribution in [0.1, 0.15) is 22.9 Å². The molecule has 1 aliphatic rings. The average molecular weight is 345 g/mol. The molecule has 1 aliphatic heterocycles. The molecule has 0 saturated heterocycles. The van der Waals surface area contributed by atoms with E-state index in [1.165, 1.54) is 33.4 Å². The van der Waals surface area contributed by atoms with Gasteiger partial charge in [0.15, 0.2) is 0 Å². The highest BCUT2D eigenvalue weighted by Gasteiger charge is 2.29. The maximum Gasteiger partial charge on any atom is 0.0927 e. The van der Waals surface area contributed by atoms with Crippen LogP contribution >= 0.6 is 11.6 Å². The van der Waals surface area contributed by atoms with Gasteiger partial charge in [0.25, 0.3) is 0 Å². The van der Waals surface area contributed by atoms with Gasteiger partial charge in [0.1, 0.15) is 0 Å². The highest BCUT2D eigenvalue weighted by Crippen LogP contribution is 2.42. The van der Waals surface area contributed by atoms with Crippen molar-refractivity contribution in [1.82, 2.24) is 4.57 Å². The van der Waals surface area contributed by atoms with Crippen molar-refractivity contribution in [1.29, 1.82) is 0 Å². The lowest BCUT2D eigenvalue weighted by Crippen LogP contribution is -2.23. The smallest absolute Gasteiger partial charge is 0.0927 e. The summed E-state index contributed by atoms with van der Waals surface area (Å²) in [7, 11) is 0. The van der Waals surface area contributed by atoms with Gasteiger partial charge in [-0.2, -0.15) is 0 Å². The van der Waals surface area contributed by atoms with Crippen LogP contribution in [0.25, 0.3) is 16.6 Å². The first-order chi connectivity index (χ1) is 12.2. The number of hydrogen-bond donors (Lipinski definition) is 1. The van der Waals surface area contributed by atoms with E-state index in [-0.39, 0.29) is 6.04 Å². The standard InChI is InChI=1S/C22H17ClN2/c1-14-17-6-2-4-8-19(17)25-20-9-5-3-7-18(20)24-21(22(14)25)15-10-12-16(23)13-11-15/h2-13,21,24H,1H3. The SMILES string of the molecule is Cc1c2n(c3ccccc13)-c1ccccc1NC2c1ccc(Cl)cc1. The number of benzene rings is 3. The predicted octanol–water partition coefficient (Wildman–Crippen LogP) is 6.11. The summed E-state index contributed by atoms with van der Waals surface area (Å²) >= 11 is 6.10. The summed E-state index contributed by atoms with van der Waals surface area (Å²) in [5, 5.41) is 5.79. The van der Waals surface area contributed by atoms with Crippen molar-refractivity contribution in [2.24, 2.45) is 0 Å². The molecule has 25 heavy (non-hydrogen) atoms. The first-order valence-electron chi connectivity index (χ1n) is 8.45. The van der Waals surface area contributed by atoms with Gasteiger partial charge in [0.05, 0.1) is 28.6 Å². The third-order valence-corrected chi connectivity index (χ3v) is 5.35. The average Bonchev–Trinajstić information content (AvgIpc) is 2.96. The number of aromatic nitrogens is 1. The van der Waals surface area contributed by atoms with E-state index in [2.05, 4.69) is 77.5 Å². The van der Waals surface area contributed by atoms with Gasteiger partial charge >= 0.3 is 0 Å². The fraction of sp³-hybridized carbons (Fsp3) is 0.0909. The van der Waals surface area contributed by atoms with Crippen molar-refractivity contribution in [2.75, 3.05) is 5.32 Å². The van der Waals surface area contributed by atoms with Crippen LogP contribution in [-0.2, 0) is 0 Å². The van der Waals surface area contributed by atoms with Crippen LogP contribution in [0.2, 0.25) is 5.02 Å². The summed E-state index contributed by atoms with van der Waals surface area (Å²) in [4.78, 5) is 0. The third-order valence-electron chi connectivity index (χ3n) is 5.10. The minimum Gasteiger partial charge on any atom is -0.371 e. The Balaban J connectivity index is 1.85. The molecule has 3 heteroatoms. The van der Waals surface area contributed by atoms with Crippen molar-refractivity contribution >= 4 is 28.2 Å². The van der Waals surface area contributed by atoms with Gasteiger partial charge < -0.3 is 9.88 Å². The van der Waals surface area contributed by atoms with Crippen LogP contribution in [0.5, 0.6) is 0 Å². The molecule has 0 amide bonds. The van der Waals surface area contributed by atoms with E-state index in [0.29, 0.717) is 0 Å². The second-order valence-electron chi connectivity index (χ2n) is 6.51. The molecule has 0 fully saturated rings. The number of nitrogens with one attached hydrogen (secondary N) is 1. The normalized spacial score (nSPS) is 15.5. The molecular formula is C22H17ClN2. The van der Waals surface area contributed by atoms with Crippen LogP contribution in [0.4, 0.5) is 5.69 Å². The Morgan fingerprint density at radius 2 is 1.60 bits per heavy atom. The van der Waals surface area contributed by atoms with E-state index in [9.17, 15) is 0 Å². The lowest BCUT2D eigenvalue weighted by atomic mass is 9.97. The summed E-state index contributed by atoms with van der Waals surface area (Å²) in [5.41, 5.74) is 7.43. The predicted molar refractivity (Wildman–Crippen MR) is 105 cm³/mol. The van der Waals surface area contributed by atoms with Crippen molar-refractivity contribution in [3.05, 3.63) is 94.6 Å². The highest BCUT2D eigenvalue weighted by atomic mass is 35.5. The van der Waals surface area contributed by atoms with E-state index in [1.807, 2.05) is 12.1 Å². The lowest BCUT2D eigenvalue weighted by molar-refractivity contribution is 0.813. The van der Waals surface area contributed by atoms with E-state index >= 15 is 0 Å². The summed E-state index contributed by atoms with van der Waals surface area (Å²) < 4.78 is 2.40. The van der Waals surface area contributed by atoms with Gasteiger partial charge in [-0.05, 0) is 48.4 Å². The second-order valence-corrected chi connectivity index (χ2v) is 6.95. The molecule has 0 spiro atoms. The fourth-order valence-electron chi connectivity index (χ4n) is 3.94. The Morgan fingerprint density at radius 1 is 0.880 bits per heavy atom. The molecule has 122 valence electrons. The van der Waals surface area contributed by atoms with Crippen molar-refractivity contribution in [3.8, 4) is 5.69 Å². The van der Waals surface area contributed by atoms with Crippen LogP contribution in [-0.4, -0.2) is 4.57 Å². The quantitative estimate of drug-likeness (QED) is 0.441. The van der Waals surface area contributed by atoms with Gasteiger partial charge in [0.2, 0.25) is 0 Å². The molecule has 1 unspecified atom stereocenters. The zero-order valence-electron chi connectivity index (χ0n) is 13.8. The molecule has 0 aliphatic carbocycles. The van der Waals surface area contributed by atoms with E-state index in [1.54, 1.807) is 0 Å². The van der Waals surface area contributed by atoms with Gasteiger partial charge in [-0.15, -0.1) is 0 Å². The summed E-state index contributed by atoms with van der Waals surface area (Å²) in [5.74, 6) is 0. The second kappa shape index (κ2) is 5.40. The molecule has 0 radical (unpaired) electrons. The molecule has 4 aromatic rings. The van der Waals surface area contributed by atoms with E-state index in [0.717, 1.165) is 10.7 Å². The molecule has 5 rings (SSSR count). The molecule has 3 aromatic carbocycles. The number of hydrogen-bond acceptors (Lipinski definition) is 1. The van der Waals surface area contributed by atoms with Gasteiger partial charge in [-0.3, -0.25) is 0 Å². The first kappa shape index (κ1) is 14.6. The molecule has 0 saturated carbocycles. The Labute approximate surface area is 151 Å². The number of para-hydroxylation sites is 3. The van der Waals surface area contributed by atoms with E-state index < -0.39 is 0 Å².